The van der Waals surface area contributed by atoms with Crippen LogP contribution in [0, 0.1) is 0 Å². The average molecular weight is 459 g/mol. The fourth-order valence-electron chi connectivity index (χ4n) is 3.24. The van der Waals surface area contributed by atoms with Crippen LogP contribution in [0.5, 0.6) is 0 Å². The average Bonchev–Trinajstić information content (AvgIpc) is 3.35. The molecular weight excluding hydrogens is 432 g/mol. The highest BCUT2D eigenvalue weighted by Gasteiger charge is 2.23. The van der Waals surface area contributed by atoms with Gasteiger partial charge in [0.05, 0.1) is 23.9 Å². The van der Waals surface area contributed by atoms with Crippen LogP contribution >= 0.6 is 23.1 Å². The Bertz CT molecular complexity index is 1030. The fraction of sp³-hybridized carbons (Fsp3) is 0.333. The lowest BCUT2D eigenvalue weighted by molar-refractivity contribution is -0.113. The number of anilines is 1. The molecule has 1 atom stereocenters. The van der Waals surface area contributed by atoms with Gasteiger partial charge < -0.3 is 15.6 Å². The lowest BCUT2D eigenvalue weighted by Gasteiger charge is -2.23. The zero-order valence-corrected chi connectivity index (χ0v) is 19.4. The van der Waals surface area contributed by atoms with Gasteiger partial charge in [0, 0.05) is 0 Å². The summed E-state index contributed by atoms with van der Waals surface area (Å²) in [6.45, 7) is 2.73. The first-order valence-electron chi connectivity index (χ1n) is 9.84. The molecular formula is C21H26N6O2S2. The Morgan fingerprint density at radius 3 is 2.61 bits per heavy atom. The maximum Gasteiger partial charge on any atom is 0.251 e. The number of thiophene rings is 1. The van der Waals surface area contributed by atoms with Gasteiger partial charge in [0.15, 0.2) is 11.0 Å². The summed E-state index contributed by atoms with van der Waals surface area (Å²) < 4.78 is 2.07. The van der Waals surface area contributed by atoms with Crippen molar-refractivity contribution in [3.8, 4) is 0 Å². The Morgan fingerprint density at radius 2 is 1.97 bits per heavy atom. The minimum atomic E-state index is -0.564. The van der Waals surface area contributed by atoms with Gasteiger partial charge in [0.25, 0.3) is 5.91 Å². The van der Waals surface area contributed by atoms with Crippen LogP contribution in [0.1, 0.15) is 41.1 Å². The fourth-order valence-corrected chi connectivity index (χ4v) is 4.79. The molecule has 0 bridgehead atoms. The van der Waals surface area contributed by atoms with Gasteiger partial charge in [-0.1, -0.05) is 49.0 Å². The summed E-state index contributed by atoms with van der Waals surface area (Å²) in [6.07, 6.45) is 0.888. The molecule has 164 valence electrons. The standard InChI is InChI=1S/C21H26N6O2S2/c1-4-16(26(2)3)19-24-25-21(27(19)12-14-8-6-5-7-9-14)31-13-17(28)23-20-15(18(22)29)10-11-30-20/h5-11,16H,4,12-13H2,1-3H3,(H2,22,29)(H,23,28). The van der Waals surface area contributed by atoms with Gasteiger partial charge in [0.2, 0.25) is 5.91 Å². The van der Waals surface area contributed by atoms with Gasteiger partial charge in [-0.25, -0.2) is 0 Å². The van der Waals surface area contributed by atoms with Gasteiger partial charge in [-0.2, -0.15) is 0 Å². The van der Waals surface area contributed by atoms with E-state index in [-0.39, 0.29) is 17.7 Å². The number of nitrogens with zero attached hydrogens (tertiary/aromatic N) is 4. The highest BCUT2D eigenvalue weighted by atomic mass is 32.2. The minimum Gasteiger partial charge on any atom is -0.366 e. The third-order valence-electron chi connectivity index (χ3n) is 4.75. The molecule has 1 aromatic carbocycles. The molecule has 2 amide bonds. The number of hydrogen-bond acceptors (Lipinski definition) is 7. The van der Waals surface area contributed by atoms with Crippen molar-refractivity contribution in [2.45, 2.75) is 31.1 Å². The molecule has 31 heavy (non-hydrogen) atoms. The summed E-state index contributed by atoms with van der Waals surface area (Å²) in [6, 6.07) is 11.8. The van der Waals surface area contributed by atoms with E-state index in [0.717, 1.165) is 17.8 Å². The van der Waals surface area contributed by atoms with Gasteiger partial charge in [0.1, 0.15) is 5.00 Å². The molecule has 0 aliphatic heterocycles. The van der Waals surface area contributed by atoms with Gasteiger partial charge in [-0.15, -0.1) is 21.5 Å². The lowest BCUT2D eigenvalue weighted by atomic mass is 10.2. The molecule has 0 fully saturated rings. The Morgan fingerprint density at radius 1 is 1.23 bits per heavy atom. The van der Waals surface area contributed by atoms with Crippen LogP contribution < -0.4 is 11.1 Å². The van der Waals surface area contributed by atoms with Crippen LogP contribution in [0.2, 0.25) is 0 Å². The maximum atomic E-state index is 12.5. The molecule has 3 aromatic rings. The van der Waals surface area contributed by atoms with Crippen molar-refractivity contribution in [2.75, 3.05) is 25.2 Å². The Labute approximate surface area is 189 Å². The van der Waals surface area contributed by atoms with Crippen LogP contribution in [0.3, 0.4) is 0 Å². The highest BCUT2D eigenvalue weighted by molar-refractivity contribution is 7.99. The van der Waals surface area contributed by atoms with Gasteiger partial charge in [-0.05, 0) is 37.5 Å². The molecule has 0 radical (unpaired) electrons. The predicted molar refractivity (Wildman–Crippen MR) is 124 cm³/mol. The number of hydrogen-bond donors (Lipinski definition) is 2. The van der Waals surface area contributed by atoms with E-state index in [1.54, 1.807) is 11.4 Å². The van der Waals surface area contributed by atoms with E-state index in [1.165, 1.54) is 23.1 Å². The molecule has 0 aliphatic rings. The Balaban J connectivity index is 1.78. The second kappa shape index (κ2) is 10.6. The van der Waals surface area contributed by atoms with Crippen molar-refractivity contribution in [1.82, 2.24) is 19.7 Å². The zero-order chi connectivity index (χ0) is 22.4. The van der Waals surface area contributed by atoms with E-state index in [1.807, 2.05) is 32.3 Å². The molecule has 1 unspecified atom stereocenters. The van der Waals surface area contributed by atoms with E-state index >= 15 is 0 Å². The quantitative estimate of drug-likeness (QED) is 0.452. The number of rotatable bonds is 10. The van der Waals surface area contributed by atoms with E-state index in [2.05, 4.69) is 44.0 Å². The number of benzene rings is 1. The van der Waals surface area contributed by atoms with E-state index in [0.29, 0.717) is 22.3 Å². The van der Waals surface area contributed by atoms with Gasteiger partial charge >= 0.3 is 0 Å². The first-order valence-corrected chi connectivity index (χ1v) is 11.7. The molecule has 10 heteroatoms. The number of thioether (sulfide) groups is 1. The monoisotopic (exact) mass is 458 g/mol. The summed E-state index contributed by atoms with van der Waals surface area (Å²) in [5.41, 5.74) is 6.79. The molecule has 0 spiro atoms. The molecule has 8 nitrogen and oxygen atoms in total. The van der Waals surface area contributed by atoms with Crippen molar-refractivity contribution >= 4 is 39.9 Å². The molecule has 2 aromatic heterocycles. The van der Waals surface area contributed by atoms with E-state index < -0.39 is 5.91 Å². The Kier molecular flexibility index (Phi) is 7.83. The summed E-state index contributed by atoms with van der Waals surface area (Å²) in [5, 5.41) is 14.5. The SMILES string of the molecule is CCC(c1nnc(SCC(=O)Nc2sccc2C(N)=O)n1Cc1ccccc1)N(C)C. The molecule has 2 heterocycles. The summed E-state index contributed by atoms with van der Waals surface area (Å²) >= 11 is 2.58. The largest absolute Gasteiger partial charge is 0.366 e. The maximum absolute atomic E-state index is 12.5. The second-order valence-corrected chi connectivity index (χ2v) is 9.02. The molecule has 3 rings (SSSR count). The smallest absolute Gasteiger partial charge is 0.251 e. The topological polar surface area (TPSA) is 106 Å². The number of nitrogens with two attached hydrogens (primary N) is 1. The summed E-state index contributed by atoms with van der Waals surface area (Å²) in [4.78, 5) is 26.1. The third-order valence-corrected chi connectivity index (χ3v) is 6.55. The number of carbonyl (C=O) groups excluding carboxylic acids is 2. The lowest BCUT2D eigenvalue weighted by Crippen LogP contribution is -2.23. The van der Waals surface area contributed by atoms with Crippen molar-refractivity contribution in [1.29, 1.82) is 0 Å². The third kappa shape index (κ3) is 5.72. The number of primary amides is 1. The van der Waals surface area contributed by atoms with Gasteiger partial charge in [-0.3, -0.25) is 14.5 Å². The number of carbonyl (C=O) groups is 2. The van der Waals surface area contributed by atoms with Crippen molar-refractivity contribution in [3.63, 3.8) is 0 Å². The van der Waals surface area contributed by atoms with E-state index in [9.17, 15) is 9.59 Å². The minimum absolute atomic E-state index is 0.114. The first-order chi connectivity index (χ1) is 14.9. The van der Waals surface area contributed by atoms with Crippen molar-refractivity contribution in [3.05, 3.63) is 58.7 Å². The molecule has 0 saturated heterocycles. The van der Waals surface area contributed by atoms with E-state index in [4.69, 9.17) is 5.73 Å². The highest BCUT2D eigenvalue weighted by Crippen LogP contribution is 2.27. The van der Waals surface area contributed by atoms with Crippen molar-refractivity contribution < 1.29 is 9.59 Å². The molecule has 0 saturated carbocycles. The number of nitrogens with one attached hydrogen (secondary N) is 1. The van der Waals surface area contributed by atoms with Crippen LogP contribution in [0.25, 0.3) is 0 Å². The second-order valence-electron chi connectivity index (χ2n) is 7.16. The van der Waals surface area contributed by atoms with Crippen molar-refractivity contribution in [2.24, 2.45) is 5.73 Å². The number of aromatic nitrogens is 3. The molecule has 3 N–H and O–H groups in total. The number of amides is 2. The summed E-state index contributed by atoms with van der Waals surface area (Å²) in [5.74, 6) is 0.214. The Hall–Kier alpha value is -2.69. The normalized spacial score (nSPS) is 12.1. The van der Waals surface area contributed by atoms with Crippen LogP contribution in [0.4, 0.5) is 5.00 Å². The van der Waals surface area contributed by atoms with Crippen LogP contribution in [0.15, 0.2) is 46.9 Å². The van der Waals surface area contributed by atoms with Crippen LogP contribution in [-0.2, 0) is 11.3 Å². The predicted octanol–water partition coefficient (Wildman–Crippen LogP) is 3.23. The first kappa shape index (κ1) is 23.0. The zero-order valence-electron chi connectivity index (χ0n) is 17.7. The molecule has 0 aliphatic carbocycles. The van der Waals surface area contributed by atoms with Crippen LogP contribution in [-0.4, -0.2) is 51.3 Å². The summed E-state index contributed by atoms with van der Waals surface area (Å²) in [7, 11) is 4.04.